The van der Waals surface area contributed by atoms with Crippen LogP contribution < -0.4 is 5.32 Å². The number of nitrogens with zero attached hydrogens (tertiary/aromatic N) is 2. The molecular formula is C21H21N3O2. The summed E-state index contributed by atoms with van der Waals surface area (Å²) in [5.74, 6) is 1.73. The molecule has 1 aliphatic carbocycles. The van der Waals surface area contributed by atoms with E-state index >= 15 is 0 Å². The first-order chi connectivity index (χ1) is 12.6. The van der Waals surface area contributed by atoms with Crippen molar-refractivity contribution in [2.75, 3.05) is 6.54 Å². The first-order valence-electron chi connectivity index (χ1n) is 8.90. The van der Waals surface area contributed by atoms with E-state index in [9.17, 15) is 4.79 Å². The topological polar surface area (TPSA) is 68.0 Å². The van der Waals surface area contributed by atoms with Crippen molar-refractivity contribution in [2.45, 2.75) is 26.7 Å². The van der Waals surface area contributed by atoms with Gasteiger partial charge in [-0.2, -0.15) is 0 Å². The second kappa shape index (κ2) is 6.75. The molecule has 26 heavy (non-hydrogen) atoms. The summed E-state index contributed by atoms with van der Waals surface area (Å²) >= 11 is 0. The highest BCUT2D eigenvalue weighted by molar-refractivity contribution is 5.95. The zero-order chi connectivity index (χ0) is 18.1. The third kappa shape index (κ3) is 3.52. The van der Waals surface area contributed by atoms with Crippen LogP contribution >= 0.6 is 0 Å². The van der Waals surface area contributed by atoms with Gasteiger partial charge in [-0.05, 0) is 66.6 Å². The van der Waals surface area contributed by atoms with E-state index in [2.05, 4.69) is 22.4 Å². The highest BCUT2D eigenvalue weighted by Gasteiger charge is 2.22. The van der Waals surface area contributed by atoms with Gasteiger partial charge in [0.05, 0.1) is 0 Å². The van der Waals surface area contributed by atoms with E-state index < -0.39 is 0 Å². The minimum Gasteiger partial charge on any atom is -0.421 e. The molecule has 1 aliphatic rings. The van der Waals surface area contributed by atoms with Crippen molar-refractivity contribution < 1.29 is 9.21 Å². The lowest BCUT2D eigenvalue weighted by molar-refractivity contribution is 0.0952. The molecule has 1 amide bonds. The van der Waals surface area contributed by atoms with Gasteiger partial charge in [0.15, 0.2) is 0 Å². The minimum absolute atomic E-state index is 0.00361. The van der Waals surface area contributed by atoms with Crippen LogP contribution in [0.4, 0.5) is 0 Å². The molecule has 1 heterocycles. The molecule has 0 bridgehead atoms. The van der Waals surface area contributed by atoms with Crippen LogP contribution in [0.1, 0.15) is 34.7 Å². The zero-order valence-electron chi connectivity index (χ0n) is 15.0. The third-order valence-electron chi connectivity index (χ3n) is 4.72. The molecule has 1 saturated carbocycles. The number of carbonyl (C=O) groups excluding carboxylic acids is 1. The number of aromatic nitrogens is 2. The molecule has 0 saturated heterocycles. The average molecular weight is 347 g/mol. The third-order valence-corrected chi connectivity index (χ3v) is 4.72. The van der Waals surface area contributed by atoms with Crippen molar-refractivity contribution >= 4 is 5.91 Å². The molecule has 4 rings (SSSR count). The van der Waals surface area contributed by atoms with E-state index in [0.29, 0.717) is 23.3 Å². The largest absolute Gasteiger partial charge is 0.421 e. The lowest BCUT2D eigenvalue weighted by Gasteiger charge is -2.10. The van der Waals surface area contributed by atoms with Crippen molar-refractivity contribution in [3.8, 4) is 22.6 Å². The fourth-order valence-corrected chi connectivity index (χ4v) is 2.94. The predicted octanol–water partition coefficient (Wildman–Crippen LogP) is 4.16. The fraction of sp³-hybridized carbons (Fsp3) is 0.286. The van der Waals surface area contributed by atoms with Gasteiger partial charge in [0.1, 0.15) is 0 Å². The number of aryl methyl sites for hydroxylation is 2. The second-order valence-electron chi connectivity index (χ2n) is 6.89. The van der Waals surface area contributed by atoms with Crippen LogP contribution in [0.3, 0.4) is 0 Å². The maximum Gasteiger partial charge on any atom is 0.251 e. The molecule has 0 spiro atoms. The van der Waals surface area contributed by atoms with E-state index in [0.717, 1.165) is 28.8 Å². The normalized spacial score (nSPS) is 13.6. The van der Waals surface area contributed by atoms with Crippen LogP contribution in [0.15, 0.2) is 46.9 Å². The van der Waals surface area contributed by atoms with Crippen molar-refractivity contribution in [3.63, 3.8) is 0 Å². The Morgan fingerprint density at radius 3 is 2.46 bits per heavy atom. The van der Waals surface area contributed by atoms with Gasteiger partial charge in [0, 0.05) is 24.6 Å². The maximum absolute atomic E-state index is 12.4. The van der Waals surface area contributed by atoms with Gasteiger partial charge in [-0.1, -0.05) is 18.2 Å². The molecule has 0 atom stereocenters. The van der Waals surface area contributed by atoms with Crippen LogP contribution in [0.25, 0.3) is 22.6 Å². The molecule has 0 aliphatic heterocycles. The minimum atomic E-state index is -0.00361. The first kappa shape index (κ1) is 16.5. The zero-order valence-corrected chi connectivity index (χ0v) is 15.0. The highest BCUT2D eigenvalue weighted by Crippen LogP contribution is 2.29. The van der Waals surface area contributed by atoms with Crippen molar-refractivity contribution in [3.05, 3.63) is 59.5 Å². The van der Waals surface area contributed by atoms with E-state index in [1.165, 1.54) is 12.8 Å². The molecular weight excluding hydrogens is 326 g/mol. The number of carbonyl (C=O) groups is 1. The lowest BCUT2D eigenvalue weighted by atomic mass is 9.97. The van der Waals surface area contributed by atoms with E-state index in [-0.39, 0.29) is 5.91 Å². The number of hydrogen-bond donors (Lipinski definition) is 1. The molecule has 1 aromatic heterocycles. The summed E-state index contributed by atoms with van der Waals surface area (Å²) in [4.78, 5) is 12.4. The monoisotopic (exact) mass is 347 g/mol. The van der Waals surface area contributed by atoms with Gasteiger partial charge in [-0.15, -0.1) is 10.2 Å². The maximum atomic E-state index is 12.4. The molecule has 1 fully saturated rings. The molecule has 132 valence electrons. The predicted molar refractivity (Wildman–Crippen MR) is 99.7 cm³/mol. The Morgan fingerprint density at radius 1 is 1.08 bits per heavy atom. The summed E-state index contributed by atoms with van der Waals surface area (Å²) in [7, 11) is 0. The molecule has 0 radical (unpaired) electrons. The van der Waals surface area contributed by atoms with Crippen molar-refractivity contribution in [2.24, 2.45) is 5.92 Å². The van der Waals surface area contributed by atoms with Crippen LogP contribution in [0.5, 0.6) is 0 Å². The number of hydrogen-bond acceptors (Lipinski definition) is 4. The fourth-order valence-electron chi connectivity index (χ4n) is 2.94. The summed E-state index contributed by atoms with van der Waals surface area (Å²) in [6.07, 6.45) is 2.46. The number of amides is 1. The van der Waals surface area contributed by atoms with Crippen LogP contribution in [-0.2, 0) is 0 Å². The Kier molecular flexibility index (Phi) is 4.29. The lowest BCUT2D eigenvalue weighted by Crippen LogP contribution is -2.25. The van der Waals surface area contributed by atoms with E-state index in [1.807, 2.05) is 42.5 Å². The van der Waals surface area contributed by atoms with Crippen LogP contribution in [0.2, 0.25) is 0 Å². The van der Waals surface area contributed by atoms with Crippen LogP contribution in [0, 0.1) is 19.8 Å². The Labute approximate surface area is 152 Å². The smallest absolute Gasteiger partial charge is 0.251 e. The molecule has 5 nitrogen and oxygen atoms in total. The van der Waals surface area contributed by atoms with Crippen molar-refractivity contribution in [1.82, 2.24) is 15.5 Å². The number of nitrogens with one attached hydrogen (secondary N) is 1. The summed E-state index contributed by atoms with van der Waals surface area (Å²) in [6, 6.07) is 13.8. The second-order valence-corrected chi connectivity index (χ2v) is 6.89. The Bertz CT molecular complexity index is 940. The van der Waals surface area contributed by atoms with Gasteiger partial charge in [-0.3, -0.25) is 4.79 Å². The molecule has 1 N–H and O–H groups in total. The molecule has 0 unspecified atom stereocenters. The Hall–Kier alpha value is -2.95. The summed E-state index contributed by atoms with van der Waals surface area (Å²) < 4.78 is 5.47. The number of benzene rings is 2. The Balaban J connectivity index is 1.57. The van der Waals surface area contributed by atoms with Gasteiger partial charge < -0.3 is 9.73 Å². The van der Waals surface area contributed by atoms with Gasteiger partial charge in [0.25, 0.3) is 5.91 Å². The molecule has 5 heteroatoms. The van der Waals surface area contributed by atoms with E-state index in [4.69, 9.17) is 4.42 Å². The number of rotatable bonds is 5. The summed E-state index contributed by atoms with van der Waals surface area (Å²) in [5.41, 5.74) is 4.81. The van der Waals surface area contributed by atoms with Crippen molar-refractivity contribution in [1.29, 1.82) is 0 Å². The van der Waals surface area contributed by atoms with Gasteiger partial charge in [0.2, 0.25) is 11.8 Å². The SMILES string of the molecule is Cc1nnc(-c2ccc(-c3cc(C(=O)NCC4CC4)ccc3C)cc2)o1. The quantitative estimate of drug-likeness (QED) is 0.752. The molecule has 3 aromatic rings. The standard InChI is InChI=1S/C21H21N3O2/c1-13-3-6-18(20(25)22-12-15-4-5-15)11-19(13)16-7-9-17(10-8-16)21-24-23-14(2)26-21/h3,6-11,15H,4-5,12H2,1-2H3,(H,22,25). The van der Waals surface area contributed by atoms with Crippen LogP contribution in [-0.4, -0.2) is 22.6 Å². The summed E-state index contributed by atoms with van der Waals surface area (Å²) in [5, 5.41) is 10.9. The average Bonchev–Trinajstić information content (AvgIpc) is 3.39. The van der Waals surface area contributed by atoms with Gasteiger partial charge >= 0.3 is 0 Å². The van der Waals surface area contributed by atoms with Gasteiger partial charge in [-0.25, -0.2) is 0 Å². The first-order valence-corrected chi connectivity index (χ1v) is 8.90. The highest BCUT2D eigenvalue weighted by atomic mass is 16.4. The van der Waals surface area contributed by atoms with E-state index in [1.54, 1.807) is 6.92 Å². The Morgan fingerprint density at radius 2 is 1.81 bits per heavy atom. The summed E-state index contributed by atoms with van der Waals surface area (Å²) in [6.45, 7) is 4.60. The molecule has 2 aromatic carbocycles.